The van der Waals surface area contributed by atoms with E-state index in [1.165, 1.54) is 13.8 Å². The SMILES string of the molecule is CCOC(=O)C(C)(C)C(=O)C(Br)Oc1ccc(C#N)cc1. The molecule has 1 atom stereocenters. The standard InChI is InChI=1S/C15H16BrNO4/c1-4-20-14(19)15(2,3)12(18)13(16)21-11-7-5-10(9-17)6-8-11/h5-8,13H,4H2,1-3H3. The number of ether oxygens (including phenoxy) is 2. The fraction of sp³-hybridized carbons (Fsp3) is 0.400. The summed E-state index contributed by atoms with van der Waals surface area (Å²) in [5.74, 6) is -0.614. The third-order valence-electron chi connectivity index (χ3n) is 2.83. The lowest BCUT2D eigenvalue weighted by Gasteiger charge is -2.23. The summed E-state index contributed by atoms with van der Waals surface area (Å²) in [4.78, 5) is 24.1. The van der Waals surface area contributed by atoms with Crippen LogP contribution in [0.25, 0.3) is 0 Å². The molecule has 6 heteroatoms. The second kappa shape index (κ2) is 7.23. The van der Waals surface area contributed by atoms with Gasteiger partial charge in [-0.05, 0) is 61.0 Å². The van der Waals surface area contributed by atoms with E-state index >= 15 is 0 Å². The number of carbonyl (C=O) groups excluding carboxylic acids is 2. The number of alkyl halides is 1. The number of ketones is 1. The Morgan fingerprint density at radius 1 is 1.33 bits per heavy atom. The first-order valence-corrected chi connectivity index (χ1v) is 7.27. The predicted octanol–water partition coefficient (Wildman–Crippen LogP) is 2.82. The summed E-state index contributed by atoms with van der Waals surface area (Å²) >= 11 is 3.13. The Bertz CT molecular complexity index is 560. The molecule has 0 aromatic heterocycles. The first-order valence-electron chi connectivity index (χ1n) is 6.35. The van der Waals surface area contributed by atoms with E-state index in [-0.39, 0.29) is 6.61 Å². The lowest BCUT2D eigenvalue weighted by molar-refractivity contribution is -0.158. The minimum absolute atomic E-state index is 0.207. The highest BCUT2D eigenvalue weighted by atomic mass is 79.9. The largest absolute Gasteiger partial charge is 0.471 e. The molecule has 0 fully saturated rings. The lowest BCUT2D eigenvalue weighted by atomic mass is 9.88. The van der Waals surface area contributed by atoms with Gasteiger partial charge < -0.3 is 9.47 Å². The van der Waals surface area contributed by atoms with Crippen molar-refractivity contribution in [3.8, 4) is 11.8 Å². The van der Waals surface area contributed by atoms with Crippen molar-refractivity contribution in [1.29, 1.82) is 5.26 Å². The number of rotatable bonds is 6. The monoisotopic (exact) mass is 353 g/mol. The van der Waals surface area contributed by atoms with Crippen LogP contribution >= 0.6 is 15.9 Å². The van der Waals surface area contributed by atoms with E-state index in [1.54, 1.807) is 31.2 Å². The van der Waals surface area contributed by atoms with Crippen LogP contribution < -0.4 is 4.74 Å². The van der Waals surface area contributed by atoms with Crippen molar-refractivity contribution in [2.45, 2.75) is 25.8 Å². The van der Waals surface area contributed by atoms with Crippen LogP contribution in [0.15, 0.2) is 24.3 Å². The fourth-order valence-electron chi connectivity index (χ4n) is 1.48. The molecular weight excluding hydrogens is 338 g/mol. The zero-order valence-electron chi connectivity index (χ0n) is 12.1. The molecule has 0 aliphatic carbocycles. The smallest absolute Gasteiger partial charge is 0.319 e. The first-order chi connectivity index (χ1) is 9.82. The van der Waals surface area contributed by atoms with Crippen LogP contribution in [0, 0.1) is 16.7 Å². The number of benzene rings is 1. The third-order valence-corrected chi connectivity index (χ3v) is 3.43. The molecule has 1 aromatic carbocycles. The van der Waals surface area contributed by atoms with Gasteiger partial charge >= 0.3 is 5.97 Å². The second-order valence-electron chi connectivity index (χ2n) is 4.78. The van der Waals surface area contributed by atoms with Gasteiger partial charge in [0, 0.05) is 0 Å². The summed E-state index contributed by atoms with van der Waals surface area (Å²) in [6.45, 7) is 4.86. The van der Waals surface area contributed by atoms with Gasteiger partial charge in [0.1, 0.15) is 11.2 Å². The molecule has 0 amide bonds. The van der Waals surface area contributed by atoms with Crippen LogP contribution in [-0.2, 0) is 14.3 Å². The van der Waals surface area contributed by atoms with Gasteiger partial charge in [-0.3, -0.25) is 9.59 Å². The van der Waals surface area contributed by atoms with Crippen LogP contribution in [0.1, 0.15) is 26.3 Å². The molecular formula is C15H16BrNO4. The number of carbonyl (C=O) groups is 2. The number of esters is 1. The molecule has 0 bridgehead atoms. The molecule has 0 N–H and O–H groups in total. The topological polar surface area (TPSA) is 76.4 Å². The number of nitrogens with zero attached hydrogens (tertiary/aromatic N) is 1. The Hall–Kier alpha value is -1.87. The maximum absolute atomic E-state index is 12.3. The number of Topliss-reactive ketones (excluding diaryl/α,β-unsaturated/α-hetero) is 1. The zero-order valence-corrected chi connectivity index (χ0v) is 13.6. The van der Waals surface area contributed by atoms with Gasteiger partial charge in [0.25, 0.3) is 0 Å². The maximum Gasteiger partial charge on any atom is 0.319 e. The summed E-state index contributed by atoms with van der Waals surface area (Å²) in [5, 5.41) is 7.73. The molecule has 5 nitrogen and oxygen atoms in total. The Balaban J connectivity index is 2.78. The van der Waals surface area contributed by atoms with Crippen molar-refractivity contribution in [2.75, 3.05) is 6.61 Å². The molecule has 0 aliphatic heterocycles. The molecule has 0 saturated heterocycles. The third kappa shape index (κ3) is 4.30. The second-order valence-corrected chi connectivity index (χ2v) is 5.61. The van der Waals surface area contributed by atoms with E-state index in [0.717, 1.165) is 0 Å². The van der Waals surface area contributed by atoms with Crippen molar-refractivity contribution in [1.82, 2.24) is 0 Å². The van der Waals surface area contributed by atoms with E-state index in [1.807, 2.05) is 6.07 Å². The molecule has 21 heavy (non-hydrogen) atoms. The van der Waals surface area contributed by atoms with E-state index < -0.39 is 22.2 Å². The van der Waals surface area contributed by atoms with Gasteiger partial charge in [-0.1, -0.05) is 0 Å². The summed E-state index contributed by atoms with van der Waals surface area (Å²) in [6, 6.07) is 8.31. The molecule has 0 heterocycles. The Morgan fingerprint density at radius 2 is 1.90 bits per heavy atom. The zero-order chi connectivity index (χ0) is 16.0. The molecule has 0 saturated carbocycles. The summed E-state index contributed by atoms with van der Waals surface area (Å²) in [5.41, 5.74) is -0.816. The van der Waals surface area contributed by atoms with Crippen molar-refractivity contribution < 1.29 is 19.1 Å². The van der Waals surface area contributed by atoms with E-state index in [9.17, 15) is 9.59 Å². The molecule has 1 unspecified atom stereocenters. The molecule has 112 valence electrons. The average Bonchev–Trinajstić information content (AvgIpc) is 2.47. The number of nitriles is 1. The van der Waals surface area contributed by atoms with Crippen LogP contribution in [0.4, 0.5) is 0 Å². The van der Waals surface area contributed by atoms with Gasteiger partial charge in [-0.2, -0.15) is 5.26 Å². The highest BCUT2D eigenvalue weighted by Crippen LogP contribution is 2.26. The van der Waals surface area contributed by atoms with Gasteiger partial charge in [0.05, 0.1) is 18.2 Å². The molecule has 0 radical (unpaired) electrons. The quantitative estimate of drug-likeness (QED) is 0.446. The van der Waals surface area contributed by atoms with Gasteiger partial charge in [0.15, 0.2) is 0 Å². The van der Waals surface area contributed by atoms with Gasteiger partial charge in [0.2, 0.25) is 10.8 Å². The molecule has 0 aliphatic rings. The number of hydrogen-bond donors (Lipinski definition) is 0. The van der Waals surface area contributed by atoms with E-state index in [4.69, 9.17) is 14.7 Å². The Morgan fingerprint density at radius 3 is 2.38 bits per heavy atom. The molecule has 1 rings (SSSR count). The maximum atomic E-state index is 12.3. The minimum atomic E-state index is -1.31. The molecule has 1 aromatic rings. The highest BCUT2D eigenvalue weighted by molar-refractivity contribution is 9.09. The van der Waals surface area contributed by atoms with Crippen LogP contribution in [0.3, 0.4) is 0 Å². The Labute approximate surface area is 132 Å². The lowest BCUT2D eigenvalue weighted by Crippen LogP contribution is -2.41. The first kappa shape index (κ1) is 17.2. The number of hydrogen-bond acceptors (Lipinski definition) is 5. The predicted molar refractivity (Wildman–Crippen MR) is 79.9 cm³/mol. The van der Waals surface area contributed by atoms with Crippen molar-refractivity contribution in [3.05, 3.63) is 29.8 Å². The number of halogens is 1. The summed E-state index contributed by atoms with van der Waals surface area (Å²) in [6.07, 6.45) is 0. The van der Waals surface area contributed by atoms with Crippen molar-refractivity contribution in [3.63, 3.8) is 0 Å². The summed E-state index contributed by atoms with van der Waals surface area (Å²) in [7, 11) is 0. The average molecular weight is 354 g/mol. The van der Waals surface area contributed by atoms with E-state index in [2.05, 4.69) is 15.9 Å². The van der Waals surface area contributed by atoms with Crippen LogP contribution in [0.2, 0.25) is 0 Å². The van der Waals surface area contributed by atoms with Gasteiger partial charge in [-0.15, -0.1) is 0 Å². The Kier molecular flexibility index (Phi) is 5.91. The highest BCUT2D eigenvalue weighted by Gasteiger charge is 2.41. The minimum Gasteiger partial charge on any atom is -0.471 e. The van der Waals surface area contributed by atoms with E-state index in [0.29, 0.717) is 11.3 Å². The van der Waals surface area contributed by atoms with Crippen LogP contribution in [0.5, 0.6) is 5.75 Å². The van der Waals surface area contributed by atoms with Crippen molar-refractivity contribution >= 4 is 27.7 Å². The fourth-order valence-corrected chi connectivity index (χ4v) is 2.26. The normalized spacial score (nSPS) is 12.1. The van der Waals surface area contributed by atoms with Crippen molar-refractivity contribution in [2.24, 2.45) is 5.41 Å². The van der Waals surface area contributed by atoms with Gasteiger partial charge in [-0.25, -0.2) is 0 Å². The summed E-state index contributed by atoms with van der Waals surface area (Å²) < 4.78 is 10.3. The van der Waals surface area contributed by atoms with Crippen LogP contribution in [-0.4, -0.2) is 23.4 Å². The molecule has 0 spiro atoms.